The van der Waals surface area contributed by atoms with Crippen molar-refractivity contribution in [3.05, 3.63) is 29.7 Å². The van der Waals surface area contributed by atoms with Gasteiger partial charge in [-0.15, -0.1) is 0 Å². The van der Waals surface area contributed by atoms with Crippen LogP contribution in [-0.2, 0) is 6.54 Å². The maximum atomic E-state index is 12.9. The quantitative estimate of drug-likeness (QED) is 0.853. The number of rotatable bonds is 6. The van der Waals surface area contributed by atoms with E-state index in [1.165, 1.54) is 0 Å². The second kappa shape index (κ2) is 7.72. The van der Waals surface area contributed by atoms with Crippen LogP contribution in [0.25, 0.3) is 5.65 Å². The molecule has 0 saturated carbocycles. The van der Waals surface area contributed by atoms with Gasteiger partial charge in [-0.3, -0.25) is 9.69 Å². The highest BCUT2D eigenvalue weighted by Crippen LogP contribution is 2.25. The summed E-state index contributed by atoms with van der Waals surface area (Å²) in [6.45, 7) is 10.0. The molecule has 142 valence electrons. The number of aliphatic hydroxyl groups is 1. The van der Waals surface area contributed by atoms with Crippen LogP contribution in [-0.4, -0.2) is 67.2 Å². The first-order valence-corrected chi connectivity index (χ1v) is 9.56. The number of hydrogen-bond acceptors (Lipinski definition) is 5. The summed E-state index contributed by atoms with van der Waals surface area (Å²) in [7, 11) is 0. The molecule has 2 aromatic rings. The van der Waals surface area contributed by atoms with Gasteiger partial charge >= 0.3 is 0 Å². The number of likely N-dealkylation sites (tertiary alicyclic amines) is 1. The van der Waals surface area contributed by atoms with Crippen LogP contribution in [0.3, 0.4) is 0 Å². The first-order valence-electron chi connectivity index (χ1n) is 9.56. The van der Waals surface area contributed by atoms with Crippen molar-refractivity contribution >= 4 is 11.6 Å². The molecule has 0 bridgehead atoms. The van der Waals surface area contributed by atoms with Gasteiger partial charge < -0.3 is 10.0 Å². The largest absolute Gasteiger partial charge is 0.388 e. The maximum Gasteiger partial charge on any atom is 0.259 e. The van der Waals surface area contributed by atoms with E-state index in [1.54, 1.807) is 15.6 Å². The Balaban J connectivity index is 1.81. The van der Waals surface area contributed by atoms with Crippen LogP contribution in [0.1, 0.15) is 56.0 Å². The monoisotopic (exact) mass is 359 g/mol. The fourth-order valence-corrected chi connectivity index (χ4v) is 3.60. The fraction of sp³-hybridized carbons (Fsp3) is 0.632. The highest BCUT2D eigenvalue weighted by molar-refractivity contribution is 5.99. The second-order valence-electron chi connectivity index (χ2n) is 7.16. The van der Waals surface area contributed by atoms with Gasteiger partial charge in [-0.1, -0.05) is 20.8 Å². The van der Waals surface area contributed by atoms with E-state index in [9.17, 15) is 9.90 Å². The molecule has 2 aromatic heterocycles. The Labute approximate surface area is 154 Å². The van der Waals surface area contributed by atoms with Gasteiger partial charge in [-0.05, 0) is 32.4 Å². The van der Waals surface area contributed by atoms with E-state index in [1.807, 2.05) is 19.3 Å². The van der Waals surface area contributed by atoms with Crippen molar-refractivity contribution in [3.8, 4) is 0 Å². The number of β-amino-alcohol motifs (C(OH)–C–C–N with tert-alkyl or cyclic N) is 1. The Morgan fingerprint density at radius 1 is 1.31 bits per heavy atom. The normalized spacial score (nSPS) is 20.9. The topological polar surface area (TPSA) is 74.0 Å². The summed E-state index contributed by atoms with van der Waals surface area (Å²) in [6.07, 6.45) is 7.57. The molecule has 3 rings (SSSR count). The highest BCUT2D eigenvalue weighted by atomic mass is 16.3. The van der Waals surface area contributed by atoms with Gasteiger partial charge in [0, 0.05) is 37.6 Å². The van der Waals surface area contributed by atoms with E-state index in [2.05, 4.69) is 28.8 Å². The average molecular weight is 359 g/mol. The van der Waals surface area contributed by atoms with E-state index >= 15 is 0 Å². The first-order chi connectivity index (χ1) is 12.5. The number of fused-ring (bicyclic) bond motifs is 1. The molecule has 7 heteroatoms. The van der Waals surface area contributed by atoms with Crippen molar-refractivity contribution in [3.63, 3.8) is 0 Å². The number of carbonyl (C=O) groups excluding carboxylic acids is 1. The predicted molar refractivity (Wildman–Crippen MR) is 100.0 cm³/mol. The van der Waals surface area contributed by atoms with Crippen molar-refractivity contribution in [1.82, 2.24) is 24.4 Å². The minimum absolute atomic E-state index is 0.101. The zero-order valence-electron chi connectivity index (χ0n) is 16.0. The third kappa shape index (κ3) is 3.73. The Morgan fingerprint density at radius 3 is 2.77 bits per heavy atom. The lowest BCUT2D eigenvalue weighted by molar-refractivity contribution is -0.0269. The third-order valence-corrected chi connectivity index (χ3v) is 5.44. The standard InChI is InChI=1S/C19H29N5O2/c1-4-19(26)8-7-9-23(14-19)18(25)16-11-21-24-13-15(10-20-17(16)24)12-22(5-2)6-3/h10-11,13,26H,4-9,12,14H2,1-3H3/t19-/m0/s1. The summed E-state index contributed by atoms with van der Waals surface area (Å²) < 4.78 is 1.68. The lowest BCUT2D eigenvalue weighted by Gasteiger charge is -2.38. The summed E-state index contributed by atoms with van der Waals surface area (Å²) in [4.78, 5) is 21.5. The first kappa shape index (κ1) is 18.8. The molecule has 1 amide bonds. The molecule has 0 aliphatic carbocycles. The molecule has 0 radical (unpaired) electrons. The van der Waals surface area contributed by atoms with Gasteiger partial charge in [0.15, 0.2) is 5.65 Å². The van der Waals surface area contributed by atoms with Crippen molar-refractivity contribution in [1.29, 1.82) is 0 Å². The molecule has 26 heavy (non-hydrogen) atoms. The molecule has 1 saturated heterocycles. The minimum atomic E-state index is -0.777. The number of amides is 1. The smallest absolute Gasteiger partial charge is 0.259 e. The molecule has 1 fully saturated rings. The van der Waals surface area contributed by atoms with Crippen LogP contribution in [0.2, 0.25) is 0 Å². The summed E-state index contributed by atoms with van der Waals surface area (Å²) in [5.74, 6) is -0.101. The van der Waals surface area contributed by atoms with E-state index in [0.29, 0.717) is 30.7 Å². The molecule has 1 aliphatic rings. The number of aromatic nitrogens is 3. The summed E-state index contributed by atoms with van der Waals surface area (Å²) in [6, 6.07) is 0. The lowest BCUT2D eigenvalue weighted by Crippen LogP contribution is -2.50. The number of nitrogens with zero attached hydrogens (tertiary/aromatic N) is 5. The van der Waals surface area contributed by atoms with Crippen molar-refractivity contribution in [2.75, 3.05) is 26.2 Å². The molecule has 0 unspecified atom stereocenters. The van der Waals surface area contributed by atoms with Crippen LogP contribution in [0, 0.1) is 0 Å². The van der Waals surface area contributed by atoms with Crippen molar-refractivity contribution in [2.24, 2.45) is 0 Å². The number of carbonyl (C=O) groups is 1. The summed E-state index contributed by atoms with van der Waals surface area (Å²) in [5.41, 5.74) is 1.37. The Kier molecular flexibility index (Phi) is 5.58. The molecule has 1 N–H and O–H groups in total. The molecule has 0 spiro atoms. The molecular formula is C19H29N5O2. The van der Waals surface area contributed by atoms with Crippen molar-refractivity contribution < 1.29 is 9.90 Å². The lowest BCUT2D eigenvalue weighted by atomic mass is 9.90. The van der Waals surface area contributed by atoms with Crippen LogP contribution in [0.5, 0.6) is 0 Å². The van der Waals surface area contributed by atoms with Gasteiger partial charge in [0.25, 0.3) is 5.91 Å². The minimum Gasteiger partial charge on any atom is -0.388 e. The maximum absolute atomic E-state index is 12.9. The fourth-order valence-electron chi connectivity index (χ4n) is 3.60. The Morgan fingerprint density at radius 2 is 2.08 bits per heavy atom. The Hall–Kier alpha value is -1.99. The average Bonchev–Trinajstić information content (AvgIpc) is 3.08. The predicted octanol–water partition coefficient (Wildman–Crippen LogP) is 1.95. The Bertz CT molecular complexity index is 770. The van der Waals surface area contributed by atoms with E-state index in [4.69, 9.17) is 0 Å². The number of hydrogen-bond donors (Lipinski definition) is 1. The van der Waals surface area contributed by atoms with E-state index < -0.39 is 5.60 Å². The van der Waals surface area contributed by atoms with Gasteiger partial charge in [0.2, 0.25) is 0 Å². The molecule has 0 aromatic carbocycles. The van der Waals surface area contributed by atoms with Gasteiger partial charge in [-0.2, -0.15) is 5.10 Å². The van der Waals surface area contributed by atoms with Crippen LogP contribution in [0.15, 0.2) is 18.6 Å². The highest BCUT2D eigenvalue weighted by Gasteiger charge is 2.34. The zero-order chi connectivity index (χ0) is 18.7. The molecule has 7 nitrogen and oxygen atoms in total. The summed E-state index contributed by atoms with van der Waals surface area (Å²) in [5, 5.41) is 14.9. The molecule has 1 aliphatic heterocycles. The van der Waals surface area contributed by atoms with Crippen LogP contribution in [0.4, 0.5) is 0 Å². The van der Waals surface area contributed by atoms with Gasteiger partial charge in [-0.25, -0.2) is 9.50 Å². The molecule has 3 heterocycles. The van der Waals surface area contributed by atoms with Crippen LogP contribution >= 0.6 is 0 Å². The SMILES string of the molecule is CCN(CC)Cc1cnc2c(C(=O)N3CCC[C@@](O)(CC)C3)cnn2c1. The molecule has 1 atom stereocenters. The van der Waals surface area contributed by atoms with E-state index in [-0.39, 0.29) is 5.91 Å². The second-order valence-corrected chi connectivity index (χ2v) is 7.16. The van der Waals surface area contributed by atoms with Crippen molar-refractivity contribution in [2.45, 2.75) is 52.2 Å². The van der Waals surface area contributed by atoms with Gasteiger partial charge in [0.1, 0.15) is 5.56 Å². The molecular weight excluding hydrogens is 330 g/mol. The third-order valence-electron chi connectivity index (χ3n) is 5.44. The van der Waals surface area contributed by atoms with E-state index in [0.717, 1.165) is 38.0 Å². The van der Waals surface area contributed by atoms with Gasteiger partial charge in [0.05, 0.1) is 11.8 Å². The summed E-state index contributed by atoms with van der Waals surface area (Å²) >= 11 is 0. The zero-order valence-corrected chi connectivity index (χ0v) is 16.0. The number of piperidine rings is 1. The van der Waals surface area contributed by atoms with Crippen LogP contribution < -0.4 is 0 Å².